The summed E-state index contributed by atoms with van der Waals surface area (Å²) in [6.07, 6.45) is 2.19. The number of rotatable bonds is 4. The Hall–Kier alpha value is -2.13. The van der Waals surface area contributed by atoms with Crippen molar-refractivity contribution in [1.82, 2.24) is 15.1 Å². The minimum atomic E-state index is -0.330. The molecule has 3 aromatic rings. The van der Waals surface area contributed by atoms with Gasteiger partial charge in [-0.15, -0.1) is 33.9 Å². The van der Waals surface area contributed by atoms with Crippen LogP contribution in [0.1, 0.15) is 17.4 Å². The van der Waals surface area contributed by atoms with E-state index in [0.717, 1.165) is 31.6 Å². The molecular weight excluding hydrogens is 421 g/mol. The Bertz CT molecular complexity index is 944. The molecule has 0 unspecified atom stereocenters. The van der Waals surface area contributed by atoms with Gasteiger partial charge in [0.05, 0.1) is 5.56 Å². The third kappa shape index (κ3) is 4.30. The van der Waals surface area contributed by atoms with E-state index in [1.54, 1.807) is 35.6 Å². The molecule has 148 valence electrons. The van der Waals surface area contributed by atoms with Crippen molar-refractivity contribution in [2.45, 2.75) is 19.9 Å². The van der Waals surface area contributed by atoms with Crippen LogP contribution in [0.3, 0.4) is 0 Å². The summed E-state index contributed by atoms with van der Waals surface area (Å²) in [6, 6.07) is 6.62. The summed E-state index contributed by atoms with van der Waals surface area (Å²) in [7, 11) is 0. The van der Waals surface area contributed by atoms with Crippen molar-refractivity contribution in [3.05, 3.63) is 46.1 Å². The van der Waals surface area contributed by atoms with Crippen LogP contribution in [-0.4, -0.2) is 34.2 Å². The van der Waals surface area contributed by atoms with Crippen LogP contribution in [0.2, 0.25) is 5.02 Å². The van der Waals surface area contributed by atoms with E-state index < -0.39 is 0 Å². The molecule has 28 heavy (non-hydrogen) atoms. The maximum atomic E-state index is 12.5. The number of carbonyl (C=O) groups is 1. The number of halogens is 2. The number of hydrogen-bond donors (Lipinski definition) is 2. The van der Waals surface area contributed by atoms with Crippen molar-refractivity contribution < 1.29 is 9.21 Å². The van der Waals surface area contributed by atoms with E-state index in [0.29, 0.717) is 21.6 Å². The Morgan fingerprint density at radius 2 is 2.11 bits per heavy atom. The SMILES string of the molecule is CCN1CCc2c(sc(NC(=O)Nc3ccc(Cl)cc3)c2-c2nnco2)C1.Cl. The lowest BCUT2D eigenvalue weighted by atomic mass is 10.0. The lowest BCUT2D eigenvalue weighted by Gasteiger charge is -2.25. The van der Waals surface area contributed by atoms with Crippen molar-refractivity contribution >= 4 is 52.1 Å². The molecule has 0 saturated heterocycles. The number of anilines is 2. The molecule has 4 rings (SSSR count). The average molecular weight is 440 g/mol. The first-order valence-electron chi connectivity index (χ1n) is 8.61. The minimum absolute atomic E-state index is 0. The third-order valence-corrected chi connectivity index (χ3v) is 5.87. The van der Waals surface area contributed by atoms with Crippen molar-refractivity contribution in [3.8, 4) is 11.5 Å². The van der Waals surface area contributed by atoms with Crippen molar-refractivity contribution in [2.24, 2.45) is 0 Å². The van der Waals surface area contributed by atoms with E-state index >= 15 is 0 Å². The Kier molecular flexibility index (Phi) is 6.56. The number of amides is 2. The van der Waals surface area contributed by atoms with Crippen molar-refractivity contribution in [3.63, 3.8) is 0 Å². The molecule has 1 aliphatic rings. The summed E-state index contributed by atoms with van der Waals surface area (Å²) in [5, 5.41) is 14.9. The zero-order chi connectivity index (χ0) is 18.8. The van der Waals surface area contributed by atoms with Gasteiger partial charge in [0.25, 0.3) is 5.89 Å². The molecule has 0 radical (unpaired) electrons. The Labute approximate surface area is 177 Å². The van der Waals surface area contributed by atoms with E-state index in [-0.39, 0.29) is 18.4 Å². The fraction of sp³-hybridized carbons (Fsp3) is 0.278. The van der Waals surface area contributed by atoms with Gasteiger partial charge in [-0.05, 0) is 42.8 Å². The maximum absolute atomic E-state index is 12.5. The van der Waals surface area contributed by atoms with Gasteiger partial charge in [0.15, 0.2) is 0 Å². The molecule has 10 heteroatoms. The lowest BCUT2D eigenvalue weighted by molar-refractivity contribution is 0.262. The second-order valence-corrected chi connectivity index (χ2v) is 7.70. The van der Waals surface area contributed by atoms with E-state index in [9.17, 15) is 4.79 Å². The van der Waals surface area contributed by atoms with Crippen LogP contribution in [-0.2, 0) is 13.0 Å². The molecule has 0 aliphatic carbocycles. The summed E-state index contributed by atoms with van der Waals surface area (Å²) in [5.74, 6) is 0.430. The number of nitrogens with one attached hydrogen (secondary N) is 2. The molecule has 0 fully saturated rings. The van der Waals surface area contributed by atoms with Gasteiger partial charge >= 0.3 is 6.03 Å². The molecule has 2 N–H and O–H groups in total. The molecule has 1 aromatic carbocycles. The molecule has 0 atom stereocenters. The Balaban J connectivity index is 0.00000225. The van der Waals surface area contributed by atoms with Gasteiger partial charge < -0.3 is 9.73 Å². The molecule has 2 aromatic heterocycles. The molecule has 0 spiro atoms. The highest BCUT2D eigenvalue weighted by Gasteiger charge is 2.27. The molecule has 2 amide bonds. The number of likely N-dealkylation sites (N-methyl/N-ethyl adjacent to an activating group) is 1. The zero-order valence-electron chi connectivity index (χ0n) is 15.1. The summed E-state index contributed by atoms with van der Waals surface area (Å²) in [5.41, 5.74) is 2.67. The first-order chi connectivity index (χ1) is 13.1. The van der Waals surface area contributed by atoms with Crippen molar-refractivity contribution in [1.29, 1.82) is 0 Å². The maximum Gasteiger partial charge on any atom is 0.324 e. The summed E-state index contributed by atoms with van der Waals surface area (Å²) in [6.45, 7) is 4.97. The Morgan fingerprint density at radius 3 is 2.79 bits per heavy atom. The molecular formula is C18H19Cl2N5O2S. The first-order valence-corrected chi connectivity index (χ1v) is 9.80. The third-order valence-electron chi connectivity index (χ3n) is 4.49. The van der Waals surface area contributed by atoms with Crippen LogP contribution in [0, 0.1) is 0 Å². The number of hydrogen-bond acceptors (Lipinski definition) is 6. The molecule has 1 aliphatic heterocycles. The van der Waals surface area contributed by atoms with Crippen LogP contribution in [0.25, 0.3) is 11.5 Å². The standard InChI is InChI=1S/C18H18ClN5O2S.ClH/c1-2-24-8-7-13-14(9-24)27-17(15(13)16-23-20-10-26-16)22-18(25)21-12-5-3-11(19)4-6-12;/h3-6,10H,2,7-9H2,1H3,(H2,21,22,25);1H. The number of urea groups is 1. The summed E-state index contributed by atoms with van der Waals surface area (Å²) >= 11 is 7.44. The number of benzene rings is 1. The van der Waals surface area contributed by atoms with Gasteiger partial charge in [-0.2, -0.15) is 0 Å². The topological polar surface area (TPSA) is 83.3 Å². The van der Waals surface area contributed by atoms with E-state index in [2.05, 4.69) is 32.7 Å². The van der Waals surface area contributed by atoms with E-state index in [1.165, 1.54) is 16.8 Å². The minimum Gasteiger partial charge on any atom is -0.423 e. The summed E-state index contributed by atoms with van der Waals surface area (Å²) in [4.78, 5) is 16.1. The Morgan fingerprint density at radius 1 is 1.32 bits per heavy atom. The molecule has 3 heterocycles. The fourth-order valence-electron chi connectivity index (χ4n) is 3.12. The normalized spacial score (nSPS) is 13.5. The first kappa shape index (κ1) is 20.6. The lowest BCUT2D eigenvalue weighted by Crippen LogP contribution is -2.29. The largest absolute Gasteiger partial charge is 0.423 e. The van der Waals surface area contributed by atoms with Crippen molar-refractivity contribution in [2.75, 3.05) is 23.7 Å². The number of thiophene rings is 1. The van der Waals surface area contributed by atoms with Gasteiger partial charge in [-0.25, -0.2) is 4.79 Å². The van der Waals surface area contributed by atoms with Gasteiger partial charge in [-0.3, -0.25) is 10.2 Å². The number of aromatic nitrogens is 2. The van der Waals surface area contributed by atoms with Crippen LogP contribution >= 0.6 is 35.3 Å². The number of fused-ring (bicyclic) bond motifs is 1. The predicted molar refractivity (Wildman–Crippen MR) is 114 cm³/mol. The molecule has 0 bridgehead atoms. The second-order valence-electron chi connectivity index (χ2n) is 6.16. The van der Waals surface area contributed by atoms with Gasteiger partial charge in [0.2, 0.25) is 6.39 Å². The van der Waals surface area contributed by atoms with Gasteiger partial charge in [0.1, 0.15) is 5.00 Å². The molecule has 0 saturated carbocycles. The highest BCUT2D eigenvalue weighted by Crippen LogP contribution is 2.42. The number of carbonyl (C=O) groups excluding carboxylic acids is 1. The fourth-order valence-corrected chi connectivity index (χ4v) is 4.52. The zero-order valence-corrected chi connectivity index (χ0v) is 17.5. The molecule has 7 nitrogen and oxygen atoms in total. The summed E-state index contributed by atoms with van der Waals surface area (Å²) < 4.78 is 5.44. The quantitative estimate of drug-likeness (QED) is 0.603. The van der Waals surface area contributed by atoms with Crippen LogP contribution in [0.15, 0.2) is 35.1 Å². The van der Waals surface area contributed by atoms with Gasteiger partial charge in [-0.1, -0.05) is 18.5 Å². The predicted octanol–water partition coefficient (Wildman–Crippen LogP) is 4.90. The van der Waals surface area contributed by atoms with E-state index in [1.807, 2.05) is 0 Å². The van der Waals surface area contributed by atoms with Gasteiger partial charge in [0, 0.05) is 28.7 Å². The van der Waals surface area contributed by atoms with Crippen LogP contribution in [0.5, 0.6) is 0 Å². The van der Waals surface area contributed by atoms with Crippen LogP contribution < -0.4 is 10.6 Å². The number of nitrogens with zero attached hydrogens (tertiary/aromatic N) is 3. The average Bonchev–Trinajstić information content (AvgIpc) is 3.30. The monoisotopic (exact) mass is 439 g/mol. The smallest absolute Gasteiger partial charge is 0.324 e. The van der Waals surface area contributed by atoms with E-state index in [4.69, 9.17) is 16.0 Å². The highest BCUT2D eigenvalue weighted by molar-refractivity contribution is 7.17. The van der Waals surface area contributed by atoms with Crippen LogP contribution in [0.4, 0.5) is 15.5 Å². The highest BCUT2D eigenvalue weighted by atomic mass is 35.5. The second kappa shape index (κ2) is 8.91.